The van der Waals surface area contributed by atoms with Gasteiger partial charge < -0.3 is 10.1 Å². The van der Waals surface area contributed by atoms with Gasteiger partial charge in [0, 0.05) is 17.3 Å². The lowest BCUT2D eigenvalue weighted by atomic mass is 10.1. The molecule has 2 aromatic carbocycles. The van der Waals surface area contributed by atoms with E-state index in [4.69, 9.17) is 4.74 Å². The van der Waals surface area contributed by atoms with Crippen LogP contribution in [0.25, 0.3) is 11.4 Å². The fourth-order valence-electron chi connectivity index (χ4n) is 2.35. The standard InChI is InChI=1S/C18H19N5O2/c1-3-13-7-9-14(10-8-13)18-20-22-23(21-18)12-17(24)19-15-5-4-6-16(11-15)25-2/h4-11H,3,12H2,1-2H3,(H,19,24). The fourth-order valence-corrected chi connectivity index (χ4v) is 2.35. The van der Waals surface area contributed by atoms with Crippen LogP contribution >= 0.6 is 0 Å². The Morgan fingerprint density at radius 2 is 2.00 bits per heavy atom. The van der Waals surface area contributed by atoms with Crippen molar-refractivity contribution in [2.45, 2.75) is 19.9 Å². The summed E-state index contributed by atoms with van der Waals surface area (Å²) in [5.41, 5.74) is 2.77. The molecule has 7 nitrogen and oxygen atoms in total. The Labute approximate surface area is 145 Å². The predicted molar refractivity (Wildman–Crippen MR) is 94.3 cm³/mol. The lowest BCUT2D eigenvalue weighted by molar-refractivity contribution is -0.117. The van der Waals surface area contributed by atoms with Crippen molar-refractivity contribution in [3.63, 3.8) is 0 Å². The lowest BCUT2D eigenvalue weighted by Crippen LogP contribution is -2.20. The molecule has 1 aromatic heterocycles. The van der Waals surface area contributed by atoms with Crippen molar-refractivity contribution in [1.29, 1.82) is 0 Å². The largest absolute Gasteiger partial charge is 0.497 e. The van der Waals surface area contributed by atoms with Crippen LogP contribution in [0.1, 0.15) is 12.5 Å². The summed E-state index contributed by atoms with van der Waals surface area (Å²) in [5.74, 6) is 0.935. The number of nitrogens with one attached hydrogen (secondary N) is 1. The van der Waals surface area contributed by atoms with Crippen LogP contribution in [0, 0.1) is 0 Å². The second-order valence-electron chi connectivity index (χ2n) is 5.47. The molecule has 0 aliphatic carbocycles. The molecule has 1 heterocycles. The second kappa shape index (κ2) is 7.57. The predicted octanol–water partition coefficient (Wildman–Crippen LogP) is 2.55. The first-order valence-electron chi connectivity index (χ1n) is 7.99. The minimum atomic E-state index is -0.237. The first-order valence-corrected chi connectivity index (χ1v) is 7.99. The van der Waals surface area contributed by atoms with Crippen molar-refractivity contribution in [1.82, 2.24) is 20.2 Å². The maximum absolute atomic E-state index is 12.1. The highest BCUT2D eigenvalue weighted by Gasteiger charge is 2.10. The van der Waals surface area contributed by atoms with Crippen LogP contribution in [0.5, 0.6) is 5.75 Å². The lowest BCUT2D eigenvalue weighted by Gasteiger charge is -2.06. The molecule has 0 bridgehead atoms. The van der Waals surface area contributed by atoms with E-state index >= 15 is 0 Å². The van der Waals surface area contributed by atoms with Gasteiger partial charge in [-0.25, -0.2) is 0 Å². The van der Waals surface area contributed by atoms with Gasteiger partial charge in [-0.05, 0) is 29.3 Å². The van der Waals surface area contributed by atoms with Gasteiger partial charge >= 0.3 is 0 Å². The summed E-state index contributed by atoms with van der Waals surface area (Å²) in [7, 11) is 1.58. The van der Waals surface area contributed by atoms with Crippen molar-refractivity contribution < 1.29 is 9.53 Å². The van der Waals surface area contributed by atoms with Gasteiger partial charge in [0.15, 0.2) is 0 Å². The summed E-state index contributed by atoms with van der Waals surface area (Å²) < 4.78 is 5.13. The van der Waals surface area contributed by atoms with E-state index < -0.39 is 0 Å². The molecule has 0 spiro atoms. The number of aromatic nitrogens is 4. The number of rotatable bonds is 6. The number of hydrogen-bond donors (Lipinski definition) is 1. The van der Waals surface area contributed by atoms with Crippen molar-refractivity contribution in [3.8, 4) is 17.1 Å². The molecule has 25 heavy (non-hydrogen) atoms. The van der Waals surface area contributed by atoms with Gasteiger partial charge in [-0.1, -0.05) is 37.3 Å². The molecule has 0 saturated heterocycles. The topological polar surface area (TPSA) is 81.9 Å². The zero-order valence-corrected chi connectivity index (χ0v) is 14.1. The number of anilines is 1. The zero-order valence-electron chi connectivity index (χ0n) is 14.1. The third kappa shape index (κ3) is 4.20. The van der Waals surface area contributed by atoms with Crippen molar-refractivity contribution >= 4 is 11.6 Å². The molecule has 0 atom stereocenters. The SMILES string of the molecule is CCc1ccc(-c2nnn(CC(=O)Nc3cccc(OC)c3)n2)cc1. The molecule has 128 valence electrons. The molecule has 0 saturated carbocycles. The summed E-state index contributed by atoms with van der Waals surface area (Å²) in [6.07, 6.45) is 0.977. The number of carbonyl (C=O) groups excluding carboxylic acids is 1. The van der Waals surface area contributed by atoms with Crippen LogP contribution < -0.4 is 10.1 Å². The van der Waals surface area contributed by atoms with E-state index in [0.717, 1.165) is 12.0 Å². The number of carbonyl (C=O) groups is 1. The fraction of sp³-hybridized carbons (Fsp3) is 0.222. The number of hydrogen-bond acceptors (Lipinski definition) is 5. The Bertz CT molecular complexity index is 858. The molecular formula is C18H19N5O2. The van der Waals surface area contributed by atoms with E-state index in [1.54, 1.807) is 25.3 Å². The van der Waals surface area contributed by atoms with E-state index in [1.165, 1.54) is 10.4 Å². The minimum Gasteiger partial charge on any atom is -0.497 e. The Balaban J connectivity index is 1.64. The quantitative estimate of drug-likeness (QED) is 0.747. The number of nitrogens with zero attached hydrogens (tertiary/aromatic N) is 4. The third-order valence-corrected chi connectivity index (χ3v) is 3.71. The number of aryl methyl sites for hydroxylation is 1. The molecule has 0 fully saturated rings. The van der Waals surface area contributed by atoms with E-state index in [-0.39, 0.29) is 12.5 Å². The summed E-state index contributed by atoms with van der Waals surface area (Å²) >= 11 is 0. The normalized spacial score (nSPS) is 10.5. The van der Waals surface area contributed by atoms with Gasteiger partial charge in [0.05, 0.1) is 7.11 Å². The van der Waals surface area contributed by atoms with Crippen molar-refractivity contribution in [3.05, 3.63) is 54.1 Å². The van der Waals surface area contributed by atoms with E-state index in [0.29, 0.717) is 17.3 Å². The van der Waals surface area contributed by atoms with Crippen LogP contribution in [-0.2, 0) is 17.8 Å². The number of methoxy groups -OCH3 is 1. The average molecular weight is 337 g/mol. The second-order valence-corrected chi connectivity index (χ2v) is 5.47. The molecule has 0 aliphatic rings. The van der Waals surface area contributed by atoms with Crippen LogP contribution in [0.4, 0.5) is 5.69 Å². The first kappa shape index (κ1) is 16.6. The molecule has 1 amide bonds. The average Bonchev–Trinajstić information content (AvgIpc) is 3.10. The van der Waals surface area contributed by atoms with E-state index in [1.807, 2.05) is 30.3 Å². The smallest absolute Gasteiger partial charge is 0.248 e. The summed E-state index contributed by atoms with van der Waals surface area (Å²) in [6, 6.07) is 15.1. The molecule has 1 N–H and O–H groups in total. The highest BCUT2D eigenvalue weighted by molar-refractivity contribution is 5.90. The molecule has 0 radical (unpaired) electrons. The molecule has 0 unspecified atom stereocenters. The summed E-state index contributed by atoms with van der Waals surface area (Å²) in [4.78, 5) is 13.4. The van der Waals surface area contributed by atoms with Gasteiger partial charge in [-0.15, -0.1) is 10.2 Å². The monoisotopic (exact) mass is 337 g/mol. The first-order chi connectivity index (χ1) is 12.2. The molecule has 7 heteroatoms. The highest BCUT2D eigenvalue weighted by Crippen LogP contribution is 2.17. The van der Waals surface area contributed by atoms with Gasteiger partial charge in [0.25, 0.3) is 0 Å². The van der Waals surface area contributed by atoms with Crippen LogP contribution in [0.15, 0.2) is 48.5 Å². The Hall–Kier alpha value is -3.22. The summed E-state index contributed by atoms with van der Waals surface area (Å²) in [6.45, 7) is 2.09. The number of benzene rings is 2. The molecule has 0 aliphatic heterocycles. The maximum Gasteiger partial charge on any atom is 0.248 e. The van der Waals surface area contributed by atoms with Crippen LogP contribution in [0.2, 0.25) is 0 Å². The maximum atomic E-state index is 12.1. The molecule has 3 aromatic rings. The van der Waals surface area contributed by atoms with Crippen LogP contribution in [-0.4, -0.2) is 33.2 Å². The van der Waals surface area contributed by atoms with Gasteiger partial charge in [0.1, 0.15) is 12.3 Å². The van der Waals surface area contributed by atoms with Crippen molar-refractivity contribution in [2.24, 2.45) is 0 Å². The number of tetrazole rings is 1. The molecular weight excluding hydrogens is 318 g/mol. The van der Waals surface area contributed by atoms with Gasteiger partial charge in [0.2, 0.25) is 11.7 Å². The number of ether oxygens (including phenoxy) is 1. The van der Waals surface area contributed by atoms with Gasteiger partial charge in [-0.3, -0.25) is 4.79 Å². The Morgan fingerprint density at radius 3 is 2.72 bits per heavy atom. The Kier molecular flexibility index (Phi) is 5.03. The van der Waals surface area contributed by atoms with Crippen LogP contribution in [0.3, 0.4) is 0 Å². The van der Waals surface area contributed by atoms with E-state index in [2.05, 4.69) is 27.7 Å². The Morgan fingerprint density at radius 1 is 1.20 bits per heavy atom. The number of amides is 1. The van der Waals surface area contributed by atoms with Crippen molar-refractivity contribution in [2.75, 3.05) is 12.4 Å². The zero-order chi connectivity index (χ0) is 17.6. The molecule has 3 rings (SSSR count). The van der Waals surface area contributed by atoms with Gasteiger partial charge in [-0.2, -0.15) is 4.80 Å². The minimum absolute atomic E-state index is 0.0166. The summed E-state index contributed by atoms with van der Waals surface area (Å²) in [5, 5.41) is 15.0. The highest BCUT2D eigenvalue weighted by atomic mass is 16.5. The third-order valence-electron chi connectivity index (χ3n) is 3.71. The van der Waals surface area contributed by atoms with E-state index in [9.17, 15) is 4.79 Å².